The number of hydrogen-bond donors (Lipinski definition) is 2. The lowest BCUT2D eigenvalue weighted by atomic mass is 10.1. The zero-order valence-corrected chi connectivity index (χ0v) is 18.3. The molecule has 6 nitrogen and oxygen atoms in total. The van der Waals surface area contributed by atoms with Crippen molar-refractivity contribution in [1.82, 2.24) is 10.2 Å². The summed E-state index contributed by atoms with van der Waals surface area (Å²) in [7, 11) is 0. The summed E-state index contributed by atoms with van der Waals surface area (Å²) in [6.45, 7) is 9.19. The summed E-state index contributed by atoms with van der Waals surface area (Å²) in [6, 6.07) is 11.1. The molecule has 1 aliphatic rings. The van der Waals surface area contributed by atoms with Crippen LogP contribution in [-0.2, 0) is 0 Å². The number of benzene rings is 2. The molecule has 0 spiro atoms. The van der Waals surface area contributed by atoms with E-state index in [4.69, 9.17) is 0 Å². The lowest BCUT2D eigenvalue weighted by Gasteiger charge is -2.23. The summed E-state index contributed by atoms with van der Waals surface area (Å²) in [5.41, 5.74) is 1.82. The fourth-order valence-corrected chi connectivity index (χ4v) is 3.84. The number of halogens is 1. The maximum atomic E-state index is 13.9. The van der Waals surface area contributed by atoms with Crippen molar-refractivity contribution in [2.45, 2.75) is 26.7 Å². The van der Waals surface area contributed by atoms with Crippen LogP contribution >= 0.6 is 0 Å². The molecular formula is C24H31FN4O2. The van der Waals surface area contributed by atoms with E-state index in [0.29, 0.717) is 17.8 Å². The number of nitrogens with one attached hydrogen (secondary N) is 2. The Kier molecular flexibility index (Phi) is 8.00. The standard InChI is InChI=1S/C24H31FN4O2/c1-3-28(4-2)16-13-26-23(30)20-17-18(11-12-22(20)29-14-7-8-15-29)27-24(31)19-9-5-6-10-21(19)25/h5-6,9-12,17H,3-4,7-8,13-16H2,1-2H3,(H,26,30)(H,27,31). The van der Waals surface area contributed by atoms with Gasteiger partial charge in [-0.15, -0.1) is 0 Å². The number of carbonyl (C=O) groups is 2. The van der Waals surface area contributed by atoms with E-state index in [1.807, 2.05) is 6.07 Å². The van der Waals surface area contributed by atoms with Crippen LogP contribution < -0.4 is 15.5 Å². The molecule has 0 aliphatic carbocycles. The fraction of sp³-hybridized carbons (Fsp3) is 0.417. The quantitative estimate of drug-likeness (QED) is 0.641. The monoisotopic (exact) mass is 426 g/mol. The van der Waals surface area contributed by atoms with Gasteiger partial charge in [0.2, 0.25) is 0 Å². The third-order valence-corrected chi connectivity index (χ3v) is 5.67. The highest BCUT2D eigenvalue weighted by molar-refractivity contribution is 6.06. The van der Waals surface area contributed by atoms with Gasteiger partial charge in [0.05, 0.1) is 11.1 Å². The Morgan fingerprint density at radius 3 is 2.39 bits per heavy atom. The molecule has 1 fully saturated rings. The highest BCUT2D eigenvalue weighted by atomic mass is 19.1. The maximum Gasteiger partial charge on any atom is 0.258 e. The minimum Gasteiger partial charge on any atom is -0.371 e. The first-order valence-corrected chi connectivity index (χ1v) is 11.0. The van der Waals surface area contributed by atoms with E-state index in [1.165, 1.54) is 18.2 Å². The minimum absolute atomic E-state index is 0.0312. The zero-order chi connectivity index (χ0) is 22.2. The highest BCUT2D eigenvalue weighted by Gasteiger charge is 2.21. The Labute approximate surface area is 183 Å². The molecule has 1 aliphatic heterocycles. The highest BCUT2D eigenvalue weighted by Crippen LogP contribution is 2.28. The summed E-state index contributed by atoms with van der Waals surface area (Å²) in [5, 5.41) is 5.72. The molecule has 0 aromatic heterocycles. The van der Waals surface area contributed by atoms with E-state index in [1.54, 1.807) is 18.2 Å². The first kappa shape index (κ1) is 22.7. The number of carbonyl (C=O) groups excluding carboxylic acids is 2. The molecule has 2 aromatic carbocycles. The normalized spacial score (nSPS) is 13.5. The van der Waals surface area contributed by atoms with Crippen molar-refractivity contribution in [3.8, 4) is 0 Å². The number of nitrogens with zero attached hydrogens (tertiary/aromatic N) is 2. The van der Waals surface area contributed by atoms with E-state index in [0.717, 1.165) is 51.3 Å². The van der Waals surface area contributed by atoms with Crippen LogP contribution in [0.1, 0.15) is 47.4 Å². The third-order valence-electron chi connectivity index (χ3n) is 5.67. The SMILES string of the molecule is CCN(CC)CCNC(=O)c1cc(NC(=O)c2ccccc2F)ccc1N1CCCC1. The second-order valence-electron chi connectivity index (χ2n) is 7.64. The topological polar surface area (TPSA) is 64.7 Å². The van der Waals surface area contributed by atoms with Gasteiger partial charge in [-0.05, 0) is 56.3 Å². The molecule has 166 valence electrons. The summed E-state index contributed by atoms with van der Waals surface area (Å²) in [4.78, 5) is 30.0. The molecule has 2 N–H and O–H groups in total. The van der Waals surface area contributed by atoms with E-state index in [-0.39, 0.29) is 11.5 Å². The van der Waals surface area contributed by atoms with Crippen LogP contribution in [-0.4, -0.2) is 56.0 Å². The molecule has 3 rings (SSSR count). The smallest absolute Gasteiger partial charge is 0.258 e. The second-order valence-corrected chi connectivity index (χ2v) is 7.64. The van der Waals surface area contributed by atoms with Crippen molar-refractivity contribution in [1.29, 1.82) is 0 Å². The number of amides is 2. The molecule has 0 saturated carbocycles. The Morgan fingerprint density at radius 2 is 1.71 bits per heavy atom. The molecule has 1 heterocycles. The number of hydrogen-bond acceptors (Lipinski definition) is 4. The van der Waals surface area contributed by atoms with E-state index in [9.17, 15) is 14.0 Å². The summed E-state index contributed by atoms with van der Waals surface area (Å²) in [5.74, 6) is -1.29. The Morgan fingerprint density at radius 1 is 1.00 bits per heavy atom. The van der Waals surface area contributed by atoms with Gasteiger partial charge >= 0.3 is 0 Å². The fourth-order valence-electron chi connectivity index (χ4n) is 3.84. The second kappa shape index (κ2) is 10.9. The average Bonchev–Trinajstić information content (AvgIpc) is 3.31. The van der Waals surface area contributed by atoms with Gasteiger partial charge in [-0.3, -0.25) is 9.59 Å². The molecule has 0 unspecified atom stereocenters. The van der Waals surface area contributed by atoms with Crippen LogP contribution in [0.2, 0.25) is 0 Å². The predicted molar refractivity (Wildman–Crippen MR) is 122 cm³/mol. The molecule has 1 saturated heterocycles. The average molecular weight is 427 g/mol. The van der Waals surface area contributed by atoms with Gasteiger partial charge < -0.3 is 20.4 Å². The van der Waals surface area contributed by atoms with Gasteiger partial charge in [0.25, 0.3) is 11.8 Å². The molecule has 0 radical (unpaired) electrons. The number of anilines is 2. The zero-order valence-electron chi connectivity index (χ0n) is 18.3. The lowest BCUT2D eigenvalue weighted by molar-refractivity contribution is 0.0948. The van der Waals surface area contributed by atoms with Crippen molar-refractivity contribution in [3.05, 3.63) is 59.4 Å². The largest absolute Gasteiger partial charge is 0.371 e. The van der Waals surface area contributed by atoms with Crippen LogP contribution in [0.4, 0.5) is 15.8 Å². The Bertz CT molecular complexity index is 908. The van der Waals surface area contributed by atoms with E-state index >= 15 is 0 Å². The first-order chi connectivity index (χ1) is 15.0. The van der Waals surface area contributed by atoms with Gasteiger partial charge in [0, 0.05) is 37.6 Å². The van der Waals surface area contributed by atoms with Crippen molar-refractivity contribution in [3.63, 3.8) is 0 Å². The van der Waals surface area contributed by atoms with Crippen LogP contribution in [0.15, 0.2) is 42.5 Å². The van der Waals surface area contributed by atoms with Gasteiger partial charge in [-0.25, -0.2) is 4.39 Å². The molecular weight excluding hydrogens is 395 g/mol. The van der Waals surface area contributed by atoms with Crippen molar-refractivity contribution in [2.24, 2.45) is 0 Å². The van der Waals surface area contributed by atoms with Gasteiger partial charge in [0.1, 0.15) is 5.82 Å². The molecule has 7 heteroatoms. The van der Waals surface area contributed by atoms with Crippen LogP contribution in [0, 0.1) is 5.82 Å². The van der Waals surface area contributed by atoms with Crippen molar-refractivity contribution in [2.75, 3.05) is 49.5 Å². The molecule has 2 amide bonds. The van der Waals surface area contributed by atoms with Gasteiger partial charge in [0.15, 0.2) is 0 Å². The third kappa shape index (κ3) is 5.82. The molecule has 0 atom stereocenters. The Balaban J connectivity index is 1.78. The van der Waals surface area contributed by atoms with Crippen molar-refractivity contribution >= 4 is 23.2 Å². The van der Waals surface area contributed by atoms with Crippen LogP contribution in [0.5, 0.6) is 0 Å². The predicted octanol–water partition coefficient (Wildman–Crippen LogP) is 3.75. The number of rotatable bonds is 9. The first-order valence-electron chi connectivity index (χ1n) is 11.0. The minimum atomic E-state index is -0.581. The molecule has 31 heavy (non-hydrogen) atoms. The maximum absolute atomic E-state index is 13.9. The van der Waals surface area contributed by atoms with Crippen LogP contribution in [0.3, 0.4) is 0 Å². The lowest BCUT2D eigenvalue weighted by Crippen LogP contribution is -2.35. The van der Waals surface area contributed by atoms with Crippen molar-refractivity contribution < 1.29 is 14.0 Å². The van der Waals surface area contributed by atoms with Crippen LogP contribution in [0.25, 0.3) is 0 Å². The van der Waals surface area contributed by atoms with E-state index in [2.05, 4.69) is 34.3 Å². The summed E-state index contributed by atoms with van der Waals surface area (Å²) in [6.07, 6.45) is 2.18. The summed E-state index contributed by atoms with van der Waals surface area (Å²) >= 11 is 0. The molecule has 2 aromatic rings. The van der Waals surface area contributed by atoms with Gasteiger partial charge in [-0.2, -0.15) is 0 Å². The molecule has 0 bridgehead atoms. The van der Waals surface area contributed by atoms with E-state index < -0.39 is 11.7 Å². The summed E-state index contributed by atoms with van der Waals surface area (Å²) < 4.78 is 13.9. The van der Waals surface area contributed by atoms with Gasteiger partial charge in [-0.1, -0.05) is 26.0 Å². The number of likely N-dealkylation sites (N-methyl/N-ethyl adjacent to an activating group) is 1. The Hall–Kier alpha value is -2.93.